The maximum atomic E-state index is 5.83. The smallest absolute Gasteiger partial charge is 0.160 e. The molecule has 0 spiro atoms. The van der Waals surface area contributed by atoms with Gasteiger partial charge in [-0.15, -0.1) is 0 Å². The summed E-state index contributed by atoms with van der Waals surface area (Å²) in [7, 11) is 0. The van der Waals surface area contributed by atoms with Crippen LogP contribution in [0.2, 0.25) is 0 Å². The normalized spacial score (nSPS) is 17.7. The molecule has 3 rings (SSSR count). The van der Waals surface area contributed by atoms with E-state index < -0.39 is 0 Å². The van der Waals surface area contributed by atoms with E-state index in [2.05, 4.69) is 29.5 Å². The number of fused-ring (bicyclic) bond motifs is 1. The number of hydrogen-bond donors (Lipinski definition) is 1. The van der Waals surface area contributed by atoms with Crippen LogP contribution in [-0.2, 0) is 6.54 Å². The van der Waals surface area contributed by atoms with Crippen molar-refractivity contribution < 1.29 is 0 Å². The third-order valence-corrected chi connectivity index (χ3v) is 5.07. The van der Waals surface area contributed by atoms with Gasteiger partial charge in [0.2, 0.25) is 0 Å². The number of nitrogens with two attached hydrogens (primary N) is 1. The first kappa shape index (κ1) is 15.4. The molecule has 1 atom stereocenters. The van der Waals surface area contributed by atoms with Gasteiger partial charge in [-0.1, -0.05) is 38.4 Å². The van der Waals surface area contributed by atoms with Gasteiger partial charge in [-0.2, -0.15) is 0 Å². The second-order valence-electron chi connectivity index (χ2n) is 6.57. The Hall–Kier alpha value is -1.49. The molecule has 1 aliphatic rings. The van der Waals surface area contributed by atoms with Gasteiger partial charge < -0.3 is 10.3 Å². The molecule has 1 saturated carbocycles. The molecule has 22 heavy (non-hydrogen) atoms. The molecule has 2 aromatic rings. The number of hydrogen-bond acceptors (Lipinski definition) is 3. The molecular formula is C17H24N4S. The van der Waals surface area contributed by atoms with Crippen LogP contribution in [0.1, 0.15) is 56.3 Å². The van der Waals surface area contributed by atoms with Crippen LogP contribution in [0.5, 0.6) is 0 Å². The van der Waals surface area contributed by atoms with Crippen LogP contribution in [-0.4, -0.2) is 19.5 Å². The zero-order chi connectivity index (χ0) is 15.7. The van der Waals surface area contributed by atoms with Crippen LogP contribution in [0.25, 0.3) is 11.2 Å². The van der Waals surface area contributed by atoms with Gasteiger partial charge in [0.15, 0.2) is 5.65 Å². The van der Waals surface area contributed by atoms with Gasteiger partial charge in [0, 0.05) is 24.6 Å². The summed E-state index contributed by atoms with van der Waals surface area (Å²) in [4.78, 5) is 10.1. The van der Waals surface area contributed by atoms with E-state index in [9.17, 15) is 0 Å². The van der Waals surface area contributed by atoms with Crippen LogP contribution in [0.3, 0.4) is 0 Å². The Kier molecular flexibility index (Phi) is 4.43. The van der Waals surface area contributed by atoms with Crippen molar-refractivity contribution in [3.63, 3.8) is 0 Å². The minimum atomic E-state index is 0.151. The highest BCUT2D eigenvalue weighted by Gasteiger charge is 2.24. The summed E-state index contributed by atoms with van der Waals surface area (Å²) in [5, 5.41) is 0. The molecule has 0 amide bonds. The summed E-state index contributed by atoms with van der Waals surface area (Å²) < 4.78 is 2.26. The van der Waals surface area contributed by atoms with Crippen molar-refractivity contribution in [2.45, 2.75) is 58.4 Å². The fraction of sp³-hybridized carbons (Fsp3) is 0.588. The Morgan fingerprint density at radius 3 is 2.82 bits per heavy atom. The molecule has 1 aliphatic carbocycles. The lowest BCUT2D eigenvalue weighted by atomic mass is 9.88. The minimum Gasteiger partial charge on any atom is -0.393 e. The standard InChI is InChI=1S/C17H24N4S/c1-11-8-14-17(19-9-11)21(10-12(2)15(18)22)16(20-14)13-6-4-3-5-7-13/h8-9,12-13H,3-7,10H2,1-2H3,(H2,18,22). The molecule has 2 N–H and O–H groups in total. The minimum absolute atomic E-state index is 0.151. The molecule has 118 valence electrons. The van der Waals surface area contributed by atoms with Crippen LogP contribution in [0.15, 0.2) is 12.3 Å². The van der Waals surface area contributed by atoms with Crippen molar-refractivity contribution in [1.29, 1.82) is 0 Å². The van der Waals surface area contributed by atoms with Gasteiger partial charge in [-0.05, 0) is 31.4 Å². The number of rotatable bonds is 4. The highest BCUT2D eigenvalue weighted by molar-refractivity contribution is 7.80. The average molecular weight is 316 g/mol. The van der Waals surface area contributed by atoms with Crippen molar-refractivity contribution in [1.82, 2.24) is 14.5 Å². The van der Waals surface area contributed by atoms with Crippen molar-refractivity contribution >= 4 is 28.4 Å². The molecule has 1 fully saturated rings. The molecular weight excluding hydrogens is 292 g/mol. The highest BCUT2D eigenvalue weighted by Crippen LogP contribution is 2.34. The Balaban J connectivity index is 2.05. The van der Waals surface area contributed by atoms with Gasteiger partial charge in [0.25, 0.3) is 0 Å². The van der Waals surface area contributed by atoms with E-state index >= 15 is 0 Å². The van der Waals surface area contributed by atoms with E-state index in [0.29, 0.717) is 10.9 Å². The number of nitrogens with zero attached hydrogens (tertiary/aromatic N) is 3. The van der Waals surface area contributed by atoms with E-state index in [1.165, 1.54) is 37.9 Å². The second kappa shape index (κ2) is 6.32. The number of pyridine rings is 1. The Labute approximate surface area is 137 Å². The maximum absolute atomic E-state index is 5.83. The summed E-state index contributed by atoms with van der Waals surface area (Å²) in [6.07, 6.45) is 8.30. The van der Waals surface area contributed by atoms with E-state index in [4.69, 9.17) is 22.9 Å². The van der Waals surface area contributed by atoms with Crippen LogP contribution < -0.4 is 5.73 Å². The zero-order valence-corrected chi connectivity index (χ0v) is 14.2. The van der Waals surface area contributed by atoms with E-state index in [1.807, 2.05) is 6.20 Å². The fourth-order valence-corrected chi connectivity index (χ4v) is 3.42. The monoisotopic (exact) mass is 316 g/mol. The molecule has 0 radical (unpaired) electrons. The second-order valence-corrected chi connectivity index (χ2v) is 7.05. The van der Waals surface area contributed by atoms with Gasteiger partial charge >= 0.3 is 0 Å². The average Bonchev–Trinajstić information content (AvgIpc) is 2.85. The van der Waals surface area contributed by atoms with Crippen molar-refractivity contribution in [2.75, 3.05) is 0 Å². The third kappa shape index (κ3) is 3.00. The Morgan fingerprint density at radius 1 is 1.41 bits per heavy atom. The molecule has 2 aromatic heterocycles. The summed E-state index contributed by atoms with van der Waals surface area (Å²) in [5.74, 6) is 1.87. The number of aromatic nitrogens is 3. The third-order valence-electron chi connectivity index (χ3n) is 4.66. The van der Waals surface area contributed by atoms with E-state index in [0.717, 1.165) is 23.3 Å². The van der Waals surface area contributed by atoms with Gasteiger partial charge in [0.1, 0.15) is 11.3 Å². The highest BCUT2D eigenvalue weighted by atomic mass is 32.1. The van der Waals surface area contributed by atoms with E-state index in [1.54, 1.807) is 0 Å². The molecule has 4 nitrogen and oxygen atoms in total. The number of thiocarbonyl (C=S) groups is 1. The van der Waals surface area contributed by atoms with Gasteiger partial charge in [-0.3, -0.25) is 0 Å². The molecule has 0 aliphatic heterocycles. The lowest BCUT2D eigenvalue weighted by molar-refractivity contribution is 0.412. The van der Waals surface area contributed by atoms with Crippen molar-refractivity contribution in [3.05, 3.63) is 23.7 Å². The maximum Gasteiger partial charge on any atom is 0.160 e. The topological polar surface area (TPSA) is 56.7 Å². The number of imidazole rings is 1. The Morgan fingerprint density at radius 2 is 2.14 bits per heavy atom. The van der Waals surface area contributed by atoms with Crippen LogP contribution in [0, 0.1) is 12.8 Å². The molecule has 0 aromatic carbocycles. The van der Waals surface area contributed by atoms with Gasteiger partial charge in [-0.25, -0.2) is 9.97 Å². The lowest BCUT2D eigenvalue weighted by Gasteiger charge is -2.23. The predicted molar refractivity (Wildman–Crippen MR) is 94.0 cm³/mol. The lowest BCUT2D eigenvalue weighted by Crippen LogP contribution is -2.24. The van der Waals surface area contributed by atoms with Crippen LogP contribution >= 0.6 is 12.2 Å². The SMILES string of the molecule is Cc1cnc2c(c1)nc(C1CCCCC1)n2CC(C)C(N)=S. The summed E-state index contributed by atoms with van der Waals surface area (Å²) >= 11 is 5.16. The molecule has 5 heteroatoms. The summed E-state index contributed by atoms with van der Waals surface area (Å²) in [5.41, 5.74) is 8.94. The van der Waals surface area contributed by atoms with Crippen molar-refractivity contribution in [3.8, 4) is 0 Å². The van der Waals surface area contributed by atoms with Crippen molar-refractivity contribution in [2.24, 2.45) is 11.7 Å². The van der Waals surface area contributed by atoms with E-state index in [-0.39, 0.29) is 5.92 Å². The molecule has 1 unspecified atom stereocenters. The largest absolute Gasteiger partial charge is 0.393 e. The molecule has 2 heterocycles. The predicted octanol–water partition coefficient (Wildman–Crippen LogP) is 3.71. The first-order valence-electron chi connectivity index (χ1n) is 8.18. The fourth-order valence-electron chi connectivity index (χ4n) is 3.35. The Bertz CT molecular complexity index is 685. The summed E-state index contributed by atoms with van der Waals surface area (Å²) in [6, 6.07) is 2.12. The summed E-state index contributed by atoms with van der Waals surface area (Å²) in [6.45, 7) is 4.91. The number of aryl methyl sites for hydroxylation is 1. The van der Waals surface area contributed by atoms with Crippen LogP contribution in [0.4, 0.5) is 0 Å². The first-order valence-corrected chi connectivity index (χ1v) is 8.59. The molecule has 0 saturated heterocycles. The molecule has 0 bridgehead atoms. The van der Waals surface area contributed by atoms with Gasteiger partial charge in [0.05, 0.1) is 4.99 Å². The first-order chi connectivity index (χ1) is 10.6. The quantitative estimate of drug-likeness (QED) is 0.874. The zero-order valence-electron chi connectivity index (χ0n) is 13.4.